The zero-order valence-corrected chi connectivity index (χ0v) is 12.4. The second-order valence-electron chi connectivity index (χ2n) is 6.39. The van der Waals surface area contributed by atoms with Gasteiger partial charge >= 0.3 is 0 Å². The minimum atomic E-state index is 0.250. The molecule has 4 nitrogen and oxygen atoms in total. The third-order valence-corrected chi connectivity index (χ3v) is 4.65. The first kappa shape index (κ1) is 13.7. The number of carbonyl (C=O) groups is 1. The molecule has 1 aromatic rings. The highest BCUT2D eigenvalue weighted by Gasteiger charge is 2.24. The maximum absolute atomic E-state index is 12.0. The zero-order valence-electron chi connectivity index (χ0n) is 12.4. The van der Waals surface area contributed by atoms with Crippen LogP contribution in [0.15, 0.2) is 6.20 Å². The Morgan fingerprint density at radius 1 is 1.35 bits per heavy atom. The van der Waals surface area contributed by atoms with Gasteiger partial charge in [-0.25, -0.2) is 4.98 Å². The molecule has 20 heavy (non-hydrogen) atoms. The summed E-state index contributed by atoms with van der Waals surface area (Å²) in [5, 5.41) is 3.09. The molecule has 0 aliphatic heterocycles. The van der Waals surface area contributed by atoms with E-state index in [2.05, 4.69) is 21.8 Å². The Kier molecular flexibility index (Phi) is 4.08. The first-order valence-electron chi connectivity index (χ1n) is 8.03. The molecular weight excluding hydrogens is 250 g/mol. The third-order valence-electron chi connectivity index (χ3n) is 4.65. The van der Waals surface area contributed by atoms with Crippen LogP contribution < -0.4 is 5.32 Å². The summed E-state index contributed by atoms with van der Waals surface area (Å²) >= 11 is 0. The lowest BCUT2D eigenvalue weighted by molar-refractivity contribution is -0.124. The predicted octanol–water partition coefficient (Wildman–Crippen LogP) is 2.45. The van der Waals surface area contributed by atoms with Crippen LogP contribution >= 0.6 is 0 Å². The number of hydrogen-bond donors (Lipinski definition) is 1. The molecule has 1 heterocycles. The molecule has 110 valence electrons. The molecule has 2 fully saturated rings. The van der Waals surface area contributed by atoms with Gasteiger partial charge in [0.25, 0.3) is 0 Å². The van der Waals surface area contributed by atoms with Crippen LogP contribution in [-0.2, 0) is 17.8 Å². The quantitative estimate of drug-likeness (QED) is 0.867. The fourth-order valence-corrected chi connectivity index (χ4v) is 3.15. The van der Waals surface area contributed by atoms with E-state index in [1.54, 1.807) is 0 Å². The molecule has 1 N–H and O–H groups in total. The standard InChI is InChI=1S/C16H25N3O/c1-12-10-18-15(19(12)11-13-6-7-13)8-9-17-16(20)14-4-2-3-5-14/h10,13-14H,2-9,11H2,1H3,(H,17,20). The number of imidazole rings is 1. The van der Waals surface area contributed by atoms with Crippen molar-refractivity contribution in [1.82, 2.24) is 14.9 Å². The van der Waals surface area contributed by atoms with Crippen molar-refractivity contribution in [3.05, 3.63) is 17.7 Å². The zero-order chi connectivity index (χ0) is 13.9. The summed E-state index contributed by atoms with van der Waals surface area (Å²) in [6, 6.07) is 0. The Morgan fingerprint density at radius 3 is 2.80 bits per heavy atom. The molecule has 3 rings (SSSR count). The van der Waals surface area contributed by atoms with E-state index in [1.165, 1.54) is 31.4 Å². The molecule has 2 aliphatic rings. The van der Waals surface area contributed by atoms with Crippen molar-refractivity contribution in [2.75, 3.05) is 6.54 Å². The van der Waals surface area contributed by atoms with Gasteiger partial charge in [0.2, 0.25) is 5.91 Å². The van der Waals surface area contributed by atoms with Gasteiger partial charge in [-0.1, -0.05) is 12.8 Å². The van der Waals surface area contributed by atoms with Crippen molar-refractivity contribution in [3.63, 3.8) is 0 Å². The molecule has 0 bridgehead atoms. The van der Waals surface area contributed by atoms with Crippen molar-refractivity contribution in [2.24, 2.45) is 11.8 Å². The summed E-state index contributed by atoms with van der Waals surface area (Å²) in [5.41, 5.74) is 1.24. The molecule has 0 atom stereocenters. The molecule has 2 saturated carbocycles. The summed E-state index contributed by atoms with van der Waals surface area (Å²) in [6.45, 7) is 3.95. The van der Waals surface area contributed by atoms with Crippen molar-refractivity contribution < 1.29 is 4.79 Å². The van der Waals surface area contributed by atoms with Crippen LogP contribution in [0.2, 0.25) is 0 Å². The normalized spacial score (nSPS) is 19.4. The minimum absolute atomic E-state index is 0.250. The third kappa shape index (κ3) is 3.22. The van der Waals surface area contributed by atoms with Gasteiger partial charge in [-0.2, -0.15) is 0 Å². The number of aryl methyl sites for hydroxylation is 1. The number of amides is 1. The van der Waals surface area contributed by atoms with Gasteiger partial charge in [0.15, 0.2) is 0 Å². The number of aromatic nitrogens is 2. The largest absolute Gasteiger partial charge is 0.355 e. The van der Waals surface area contributed by atoms with Gasteiger partial charge in [-0.05, 0) is 38.5 Å². The van der Waals surface area contributed by atoms with Crippen LogP contribution in [0.3, 0.4) is 0 Å². The maximum Gasteiger partial charge on any atom is 0.223 e. The van der Waals surface area contributed by atoms with Gasteiger partial charge in [0, 0.05) is 37.3 Å². The number of rotatable bonds is 6. The number of nitrogens with one attached hydrogen (secondary N) is 1. The molecule has 1 amide bonds. The van der Waals surface area contributed by atoms with E-state index in [0.29, 0.717) is 0 Å². The van der Waals surface area contributed by atoms with E-state index < -0.39 is 0 Å². The molecule has 0 saturated heterocycles. The van der Waals surface area contributed by atoms with E-state index >= 15 is 0 Å². The number of hydrogen-bond acceptors (Lipinski definition) is 2. The molecule has 0 radical (unpaired) electrons. The Bertz CT molecular complexity index is 470. The van der Waals surface area contributed by atoms with Crippen LogP contribution in [0.25, 0.3) is 0 Å². The van der Waals surface area contributed by atoms with Crippen molar-refractivity contribution in [1.29, 1.82) is 0 Å². The number of carbonyl (C=O) groups excluding carboxylic acids is 1. The average molecular weight is 275 g/mol. The molecule has 0 spiro atoms. The molecule has 4 heteroatoms. The summed E-state index contributed by atoms with van der Waals surface area (Å²) in [7, 11) is 0. The Hall–Kier alpha value is -1.32. The minimum Gasteiger partial charge on any atom is -0.355 e. The molecule has 0 aromatic carbocycles. The van der Waals surface area contributed by atoms with Crippen LogP contribution in [0.5, 0.6) is 0 Å². The summed E-state index contributed by atoms with van der Waals surface area (Å²) in [6.07, 6.45) is 10.1. The lowest BCUT2D eigenvalue weighted by atomic mass is 10.1. The Balaban J connectivity index is 1.49. The van der Waals surface area contributed by atoms with E-state index in [4.69, 9.17) is 0 Å². The van der Waals surface area contributed by atoms with Crippen molar-refractivity contribution in [2.45, 2.75) is 58.4 Å². The van der Waals surface area contributed by atoms with Gasteiger partial charge in [-0.15, -0.1) is 0 Å². The Labute approximate surface area is 121 Å². The van der Waals surface area contributed by atoms with Crippen LogP contribution in [0.4, 0.5) is 0 Å². The van der Waals surface area contributed by atoms with Gasteiger partial charge in [0.1, 0.15) is 5.82 Å². The van der Waals surface area contributed by atoms with E-state index in [-0.39, 0.29) is 11.8 Å². The monoisotopic (exact) mass is 275 g/mol. The maximum atomic E-state index is 12.0. The van der Waals surface area contributed by atoms with Gasteiger partial charge in [-0.3, -0.25) is 4.79 Å². The van der Waals surface area contributed by atoms with Crippen molar-refractivity contribution in [3.8, 4) is 0 Å². The second kappa shape index (κ2) is 5.98. The molecule has 0 unspecified atom stereocenters. The first-order chi connectivity index (χ1) is 9.74. The van der Waals surface area contributed by atoms with Crippen LogP contribution in [-0.4, -0.2) is 22.0 Å². The summed E-state index contributed by atoms with van der Waals surface area (Å²) < 4.78 is 2.33. The van der Waals surface area contributed by atoms with E-state index in [9.17, 15) is 4.79 Å². The summed E-state index contributed by atoms with van der Waals surface area (Å²) in [5.74, 6) is 2.50. The van der Waals surface area contributed by atoms with Gasteiger partial charge in [0.05, 0.1) is 0 Å². The highest BCUT2D eigenvalue weighted by molar-refractivity contribution is 5.78. The van der Waals surface area contributed by atoms with Crippen molar-refractivity contribution >= 4 is 5.91 Å². The highest BCUT2D eigenvalue weighted by atomic mass is 16.1. The lowest BCUT2D eigenvalue weighted by Crippen LogP contribution is -2.31. The van der Waals surface area contributed by atoms with Gasteiger partial charge < -0.3 is 9.88 Å². The summed E-state index contributed by atoms with van der Waals surface area (Å²) in [4.78, 5) is 16.5. The fourth-order valence-electron chi connectivity index (χ4n) is 3.15. The predicted molar refractivity (Wildman–Crippen MR) is 78.4 cm³/mol. The SMILES string of the molecule is Cc1cnc(CCNC(=O)C2CCCC2)n1CC1CC1. The average Bonchev–Trinajstić information content (AvgIpc) is 2.96. The number of nitrogens with zero attached hydrogens (tertiary/aromatic N) is 2. The van der Waals surface area contributed by atoms with E-state index in [0.717, 1.165) is 44.1 Å². The smallest absolute Gasteiger partial charge is 0.223 e. The van der Waals surface area contributed by atoms with E-state index in [1.807, 2.05) is 6.20 Å². The Morgan fingerprint density at radius 2 is 2.10 bits per heavy atom. The first-order valence-corrected chi connectivity index (χ1v) is 8.03. The fraction of sp³-hybridized carbons (Fsp3) is 0.750. The van der Waals surface area contributed by atoms with Crippen LogP contribution in [0, 0.1) is 18.8 Å². The molecule has 2 aliphatic carbocycles. The topological polar surface area (TPSA) is 46.9 Å². The highest BCUT2D eigenvalue weighted by Crippen LogP contribution is 2.31. The second-order valence-corrected chi connectivity index (χ2v) is 6.39. The molecule has 1 aromatic heterocycles. The van der Waals surface area contributed by atoms with Crippen LogP contribution in [0.1, 0.15) is 50.0 Å². The lowest BCUT2D eigenvalue weighted by Gasteiger charge is -2.12. The molecular formula is C16H25N3O.